The molecule has 0 aliphatic carbocycles. The summed E-state index contributed by atoms with van der Waals surface area (Å²) < 4.78 is 4.76. The van der Waals surface area contributed by atoms with Crippen LogP contribution in [-0.4, -0.2) is 57.7 Å². The van der Waals surface area contributed by atoms with Gasteiger partial charge in [0.1, 0.15) is 24.4 Å². The van der Waals surface area contributed by atoms with Crippen LogP contribution in [0.1, 0.15) is 0 Å². The number of ether oxygens (including phenoxy) is 1. The first-order valence-electron chi connectivity index (χ1n) is 3.74. The Morgan fingerprint density at radius 3 is 2.23 bits per heavy atom. The predicted octanol–water partition coefficient (Wildman–Crippen LogP) is -3.00. The van der Waals surface area contributed by atoms with Gasteiger partial charge in [-0.3, -0.25) is 4.84 Å². The summed E-state index contributed by atoms with van der Waals surface area (Å²) in [6.45, 7) is -0.523. The van der Waals surface area contributed by atoms with Gasteiger partial charge in [-0.2, -0.15) is 0 Å². The van der Waals surface area contributed by atoms with E-state index in [1.54, 1.807) is 0 Å². The number of nitrogens with one attached hydrogen (secondary N) is 1. The van der Waals surface area contributed by atoms with Crippen LogP contribution in [0.15, 0.2) is 0 Å². The molecular weight excluding hydrogens is 182 g/mol. The molecule has 0 spiro atoms. The van der Waals surface area contributed by atoms with Crippen molar-refractivity contribution >= 4 is 0 Å². The minimum atomic E-state index is -1.49. The van der Waals surface area contributed by atoms with E-state index in [0.717, 1.165) is 0 Å². The molecule has 1 radical (unpaired) electrons. The normalized spacial score (nSPS) is 46.4. The number of hydrogen-bond acceptors (Lipinski definition) is 6. The van der Waals surface area contributed by atoms with Gasteiger partial charge in [0, 0.05) is 0 Å². The summed E-state index contributed by atoms with van der Waals surface area (Å²) in [4.78, 5) is 3.95. The molecule has 7 nitrogen and oxygen atoms in total. The van der Waals surface area contributed by atoms with Crippen molar-refractivity contribution in [3.8, 4) is 0 Å². The number of aliphatic hydroxyl groups excluding tert-OH is 4. The molecule has 1 fully saturated rings. The molecule has 1 aliphatic rings. The van der Waals surface area contributed by atoms with Crippen LogP contribution >= 0.6 is 0 Å². The fourth-order valence-corrected chi connectivity index (χ4v) is 1.16. The Morgan fingerprint density at radius 1 is 1.15 bits per heavy atom. The summed E-state index contributed by atoms with van der Waals surface area (Å²) in [5.74, 6) is 6.49. The van der Waals surface area contributed by atoms with Crippen LogP contribution < -0.4 is 5.90 Å². The number of hydrogen-bond donors (Lipinski definition) is 4. The molecule has 1 unspecified atom stereocenters. The van der Waals surface area contributed by atoms with Crippen LogP contribution in [0.25, 0.3) is 0 Å². The lowest BCUT2D eigenvalue weighted by Gasteiger charge is -2.38. The average molecular weight is 194 g/mol. The molecule has 0 bridgehead atoms. The van der Waals surface area contributed by atoms with Gasteiger partial charge >= 0.3 is 0 Å². The summed E-state index contributed by atoms with van der Waals surface area (Å²) in [7, 11) is 0. The lowest BCUT2D eigenvalue weighted by molar-refractivity contribution is -0.305. The number of rotatable bonds is 2. The first-order valence-corrected chi connectivity index (χ1v) is 3.74. The fraction of sp³-hybridized carbons (Fsp3) is 1.00. The molecule has 1 saturated heterocycles. The lowest BCUT2D eigenvalue weighted by Crippen LogP contribution is -2.59. The Morgan fingerprint density at radius 2 is 1.77 bits per heavy atom. The maximum absolute atomic E-state index is 9.21. The smallest absolute Gasteiger partial charge is 0.208 e. The molecule has 0 aromatic rings. The van der Waals surface area contributed by atoms with E-state index >= 15 is 0 Å². The van der Waals surface area contributed by atoms with Crippen LogP contribution in [0.4, 0.5) is 0 Å². The highest BCUT2D eigenvalue weighted by Gasteiger charge is 2.43. The SMILES string of the molecule is [NH]OC1O[C@H](CO)[C@@H](O)[C@H](O)[C@H]1O. The van der Waals surface area contributed by atoms with Gasteiger partial charge in [-0.25, -0.2) is 0 Å². The van der Waals surface area contributed by atoms with Crippen molar-refractivity contribution in [1.82, 2.24) is 5.90 Å². The van der Waals surface area contributed by atoms with E-state index in [2.05, 4.69) is 4.84 Å². The minimum Gasteiger partial charge on any atom is -0.394 e. The van der Waals surface area contributed by atoms with E-state index < -0.39 is 37.3 Å². The van der Waals surface area contributed by atoms with E-state index in [-0.39, 0.29) is 0 Å². The average Bonchev–Trinajstić information content (AvgIpc) is 2.15. The maximum atomic E-state index is 9.21. The van der Waals surface area contributed by atoms with Crippen LogP contribution in [-0.2, 0) is 9.57 Å². The summed E-state index contributed by atoms with van der Waals surface area (Å²) in [6, 6.07) is 0. The van der Waals surface area contributed by atoms with Gasteiger partial charge in [-0.1, -0.05) is 0 Å². The summed E-state index contributed by atoms with van der Waals surface area (Å²) in [5.41, 5.74) is 0. The van der Waals surface area contributed by atoms with Gasteiger partial charge in [0.2, 0.25) is 6.29 Å². The zero-order valence-electron chi connectivity index (χ0n) is 6.70. The van der Waals surface area contributed by atoms with Gasteiger partial charge in [0.15, 0.2) is 0 Å². The molecule has 0 saturated carbocycles. The topological polar surface area (TPSA) is 123 Å². The van der Waals surface area contributed by atoms with Crippen molar-refractivity contribution in [3.63, 3.8) is 0 Å². The lowest BCUT2D eigenvalue weighted by atomic mass is 9.99. The van der Waals surface area contributed by atoms with Crippen LogP contribution in [0, 0.1) is 0 Å². The van der Waals surface area contributed by atoms with Crippen molar-refractivity contribution in [2.75, 3.05) is 6.61 Å². The van der Waals surface area contributed by atoms with Crippen LogP contribution in [0.3, 0.4) is 0 Å². The van der Waals surface area contributed by atoms with Gasteiger partial charge in [0.05, 0.1) is 6.61 Å². The first kappa shape index (κ1) is 10.8. The molecule has 77 valence electrons. The van der Waals surface area contributed by atoms with E-state index in [1.807, 2.05) is 0 Å². The zero-order valence-corrected chi connectivity index (χ0v) is 6.70. The van der Waals surface area contributed by atoms with Crippen LogP contribution in [0.2, 0.25) is 0 Å². The third-order valence-corrected chi connectivity index (χ3v) is 1.96. The number of aliphatic hydroxyl groups is 4. The predicted molar refractivity (Wildman–Crippen MR) is 37.9 cm³/mol. The van der Waals surface area contributed by atoms with Crippen molar-refractivity contribution in [1.29, 1.82) is 0 Å². The summed E-state index contributed by atoms with van der Waals surface area (Å²) in [5, 5.41) is 36.2. The van der Waals surface area contributed by atoms with E-state index in [9.17, 15) is 10.2 Å². The molecule has 7 heteroatoms. The Balaban J connectivity index is 2.66. The second kappa shape index (κ2) is 4.29. The van der Waals surface area contributed by atoms with Gasteiger partial charge in [-0.15, -0.1) is 5.90 Å². The molecule has 1 rings (SSSR count). The van der Waals surface area contributed by atoms with E-state index in [0.29, 0.717) is 0 Å². The third-order valence-electron chi connectivity index (χ3n) is 1.96. The Bertz CT molecular complexity index is 147. The Labute approximate surface area is 74.3 Å². The highest BCUT2D eigenvalue weighted by atomic mass is 16.8. The van der Waals surface area contributed by atoms with Crippen molar-refractivity contribution < 1.29 is 30.0 Å². The van der Waals surface area contributed by atoms with Gasteiger partial charge in [0.25, 0.3) is 0 Å². The summed E-state index contributed by atoms with van der Waals surface area (Å²) in [6.07, 6.45) is -6.76. The molecule has 5 N–H and O–H groups in total. The molecule has 1 aliphatic heterocycles. The zero-order chi connectivity index (χ0) is 10.0. The molecule has 1 heterocycles. The van der Waals surface area contributed by atoms with Crippen molar-refractivity contribution in [2.24, 2.45) is 0 Å². The minimum absolute atomic E-state index is 0.523. The third kappa shape index (κ3) is 1.97. The monoisotopic (exact) mass is 194 g/mol. The molecule has 0 amide bonds. The first-order chi connectivity index (χ1) is 6.11. The second-order valence-electron chi connectivity index (χ2n) is 2.82. The van der Waals surface area contributed by atoms with Gasteiger partial charge < -0.3 is 25.2 Å². The molecule has 5 atom stereocenters. The van der Waals surface area contributed by atoms with Gasteiger partial charge in [-0.05, 0) is 0 Å². The van der Waals surface area contributed by atoms with E-state index in [1.165, 1.54) is 0 Å². The fourth-order valence-electron chi connectivity index (χ4n) is 1.16. The maximum Gasteiger partial charge on any atom is 0.208 e. The molecule has 0 aromatic carbocycles. The molecule has 13 heavy (non-hydrogen) atoms. The van der Waals surface area contributed by atoms with Crippen molar-refractivity contribution in [2.45, 2.75) is 30.7 Å². The highest BCUT2D eigenvalue weighted by Crippen LogP contribution is 2.20. The quantitative estimate of drug-likeness (QED) is 0.347. The van der Waals surface area contributed by atoms with E-state index in [4.69, 9.17) is 20.8 Å². The highest BCUT2D eigenvalue weighted by molar-refractivity contribution is 4.88. The second-order valence-corrected chi connectivity index (χ2v) is 2.82. The molecular formula is C6H12NO6. The largest absolute Gasteiger partial charge is 0.394 e. The summed E-state index contributed by atoms with van der Waals surface area (Å²) >= 11 is 0. The Hall–Kier alpha value is -0.280. The van der Waals surface area contributed by atoms with Crippen molar-refractivity contribution in [3.05, 3.63) is 0 Å². The Kier molecular flexibility index (Phi) is 3.56. The molecule has 0 aromatic heterocycles. The van der Waals surface area contributed by atoms with Crippen LogP contribution in [0.5, 0.6) is 0 Å². The standard InChI is InChI=1S/C6H12NO6/c7-13-6-5(11)4(10)3(9)2(1-8)12-6/h2-11H,1H2/t2-,3-,4+,5-,6?/m1/s1.